The lowest BCUT2D eigenvalue weighted by Gasteiger charge is -2.44. The van der Waals surface area contributed by atoms with Crippen LogP contribution in [0.2, 0.25) is 0 Å². The molecule has 0 aromatic heterocycles. The van der Waals surface area contributed by atoms with Gasteiger partial charge in [-0.1, -0.05) is 0 Å². The van der Waals surface area contributed by atoms with Crippen molar-refractivity contribution in [3.63, 3.8) is 0 Å². The van der Waals surface area contributed by atoms with Gasteiger partial charge in [-0.15, -0.1) is 0 Å². The van der Waals surface area contributed by atoms with E-state index in [1.54, 1.807) is 34.3 Å². The second-order valence-electron chi connectivity index (χ2n) is 3.41. The van der Waals surface area contributed by atoms with Crippen LogP contribution < -0.4 is 45.1 Å². The maximum Gasteiger partial charge on any atom is 0.142 e. The topological polar surface area (TPSA) is 159 Å². The van der Waals surface area contributed by atoms with E-state index in [1.165, 1.54) is 0 Å². The van der Waals surface area contributed by atoms with Crippen LogP contribution >= 0.6 is 0 Å². The minimum absolute atomic E-state index is 0.582. The number of nitrogens with one attached hydrogen (secondary N) is 4. The molecule has 0 unspecified atom stereocenters. The normalized spacial score (nSPS) is 18.0. The van der Waals surface area contributed by atoms with Gasteiger partial charge in [0.1, 0.15) is 23.3 Å². The first-order chi connectivity index (χ1) is 8.76. The van der Waals surface area contributed by atoms with Gasteiger partial charge in [0.15, 0.2) is 0 Å². The number of hydrazine groups is 5. The van der Waals surface area contributed by atoms with Crippen molar-refractivity contribution < 1.29 is 0 Å². The molecule has 0 spiro atoms. The van der Waals surface area contributed by atoms with Gasteiger partial charge in [0.05, 0.1) is 0 Å². The van der Waals surface area contributed by atoms with Crippen LogP contribution in [0.3, 0.4) is 0 Å². The molecule has 0 saturated heterocycles. The standard InChI is InChI=1S/C8H16N10/c9-13-5-1-2-6(14-10)18-8(16-12)4-3-7(15-11)17(5)18/h1-4,13-16H,9-12H2. The van der Waals surface area contributed by atoms with Crippen molar-refractivity contribution in [2.24, 2.45) is 23.4 Å². The average molecular weight is 252 g/mol. The molecule has 0 aromatic rings. The van der Waals surface area contributed by atoms with Gasteiger partial charge in [-0.25, -0.2) is 33.4 Å². The fourth-order valence-electron chi connectivity index (χ4n) is 1.73. The number of rotatable bonds is 4. The van der Waals surface area contributed by atoms with Gasteiger partial charge in [-0.3, -0.25) is 0 Å². The van der Waals surface area contributed by atoms with Gasteiger partial charge in [0.25, 0.3) is 0 Å². The molecule has 2 rings (SSSR count). The fraction of sp³-hybridized carbons (Fsp3) is 0. The molecule has 0 fully saturated rings. The number of fused-ring (bicyclic) bond motifs is 1. The lowest BCUT2D eigenvalue weighted by atomic mass is 10.3. The Labute approximate surface area is 103 Å². The van der Waals surface area contributed by atoms with Crippen molar-refractivity contribution in [3.8, 4) is 0 Å². The molecule has 0 radical (unpaired) electrons. The number of allylic oxidation sites excluding steroid dienone is 4. The van der Waals surface area contributed by atoms with Gasteiger partial charge < -0.3 is 21.7 Å². The quantitative estimate of drug-likeness (QED) is 0.189. The Morgan fingerprint density at radius 1 is 0.556 bits per heavy atom. The van der Waals surface area contributed by atoms with Crippen molar-refractivity contribution in [2.75, 3.05) is 0 Å². The smallest absolute Gasteiger partial charge is 0.142 e. The molecule has 0 aliphatic carbocycles. The summed E-state index contributed by atoms with van der Waals surface area (Å²) in [4.78, 5) is 0. The van der Waals surface area contributed by atoms with Crippen LogP contribution in [0.4, 0.5) is 0 Å². The van der Waals surface area contributed by atoms with Crippen LogP contribution in [0.15, 0.2) is 47.6 Å². The second kappa shape index (κ2) is 4.85. The van der Waals surface area contributed by atoms with Gasteiger partial charge in [0, 0.05) is 0 Å². The highest BCUT2D eigenvalue weighted by molar-refractivity contribution is 5.32. The van der Waals surface area contributed by atoms with Crippen LogP contribution in [0, 0.1) is 0 Å². The maximum absolute atomic E-state index is 5.47. The van der Waals surface area contributed by atoms with Crippen LogP contribution in [0.1, 0.15) is 0 Å². The number of hydrogen-bond donors (Lipinski definition) is 8. The predicted molar refractivity (Wildman–Crippen MR) is 65.3 cm³/mol. The Balaban J connectivity index is 2.48. The Morgan fingerprint density at radius 2 is 0.778 bits per heavy atom. The van der Waals surface area contributed by atoms with E-state index in [2.05, 4.69) is 21.7 Å². The SMILES string of the molecule is NNC1=CC=C(NN)N2C(NN)=CC=C(NN)N12. The summed E-state index contributed by atoms with van der Waals surface area (Å²) in [5, 5.41) is 3.31. The number of hydrogen-bond acceptors (Lipinski definition) is 10. The van der Waals surface area contributed by atoms with Crippen LogP contribution in [-0.4, -0.2) is 10.0 Å². The van der Waals surface area contributed by atoms with Crippen LogP contribution in [0.25, 0.3) is 0 Å². The van der Waals surface area contributed by atoms with E-state index in [9.17, 15) is 0 Å². The van der Waals surface area contributed by atoms with Gasteiger partial charge in [-0.05, 0) is 24.3 Å². The largest absolute Gasteiger partial charge is 0.308 e. The Morgan fingerprint density at radius 3 is 0.944 bits per heavy atom. The molecular formula is C8H16N10. The van der Waals surface area contributed by atoms with Crippen molar-refractivity contribution in [1.82, 2.24) is 31.7 Å². The first-order valence-corrected chi connectivity index (χ1v) is 5.07. The first-order valence-electron chi connectivity index (χ1n) is 5.07. The second-order valence-corrected chi connectivity index (χ2v) is 3.41. The summed E-state index contributed by atoms with van der Waals surface area (Å²) in [6, 6.07) is 0. The molecule has 12 N–H and O–H groups in total. The monoisotopic (exact) mass is 252 g/mol. The summed E-state index contributed by atoms with van der Waals surface area (Å²) in [5.74, 6) is 24.2. The van der Waals surface area contributed by atoms with E-state index < -0.39 is 0 Å². The molecule has 0 bridgehead atoms. The molecule has 0 saturated carbocycles. The zero-order valence-electron chi connectivity index (χ0n) is 9.51. The van der Waals surface area contributed by atoms with E-state index >= 15 is 0 Å². The zero-order chi connectivity index (χ0) is 13.1. The first kappa shape index (κ1) is 12.1. The highest BCUT2D eigenvalue weighted by atomic mass is 15.8. The molecule has 0 atom stereocenters. The maximum atomic E-state index is 5.47. The number of nitrogens with two attached hydrogens (primary N) is 4. The van der Waals surface area contributed by atoms with E-state index in [0.717, 1.165) is 0 Å². The van der Waals surface area contributed by atoms with E-state index in [4.69, 9.17) is 23.4 Å². The molecule has 0 amide bonds. The zero-order valence-corrected chi connectivity index (χ0v) is 9.51. The highest BCUT2D eigenvalue weighted by Crippen LogP contribution is 2.27. The van der Waals surface area contributed by atoms with E-state index in [1.807, 2.05) is 0 Å². The summed E-state index contributed by atoms with van der Waals surface area (Å²) < 4.78 is 0. The third kappa shape index (κ3) is 1.70. The Kier molecular flexibility index (Phi) is 3.25. The summed E-state index contributed by atoms with van der Waals surface area (Å²) in [6.07, 6.45) is 6.93. The van der Waals surface area contributed by atoms with Crippen molar-refractivity contribution in [2.45, 2.75) is 0 Å². The molecule has 2 aliphatic rings. The Bertz CT molecular complexity index is 365. The molecule has 18 heavy (non-hydrogen) atoms. The van der Waals surface area contributed by atoms with Gasteiger partial charge in [0.2, 0.25) is 0 Å². The molecule has 98 valence electrons. The number of nitrogens with zero attached hydrogens (tertiary/aromatic N) is 2. The van der Waals surface area contributed by atoms with E-state index in [-0.39, 0.29) is 0 Å². The van der Waals surface area contributed by atoms with Crippen molar-refractivity contribution >= 4 is 0 Å². The summed E-state index contributed by atoms with van der Waals surface area (Å²) in [6.45, 7) is 0. The molecule has 10 heteroatoms. The highest BCUT2D eigenvalue weighted by Gasteiger charge is 2.31. The molecule has 2 aliphatic heterocycles. The lowest BCUT2D eigenvalue weighted by Crippen LogP contribution is -2.56. The molecule has 0 aromatic carbocycles. The molecule has 10 nitrogen and oxygen atoms in total. The average Bonchev–Trinajstić information content (AvgIpc) is 2.44. The fourth-order valence-corrected chi connectivity index (χ4v) is 1.73. The third-order valence-corrected chi connectivity index (χ3v) is 2.50. The summed E-state index contributed by atoms with van der Waals surface area (Å²) in [7, 11) is 0. The summed E-state index contributed by atoms with van der Waals surface area (Å²) >= 11 is 0. The molecular weight excluding hydrogens is 236 g/mol. The van der Waals surface area contributed by atoms with Crippen LogP contribution in [0.5, 0.6) is 0 Å². The minimum atomic E-state index is 0.582. The van der Waals surface area contributed by atoms with E-state index in [0.29, 0.717) is 23.3 Å². The predicted octanol–water partition coefficient (Wildman–Crippen LogP) is -3.25. The van der Waals surface area contributed by atoms with Gasteiger partial charge in [-0.2, -0.15) is 0 Å². The minimum Gasteiger partial charge on any atom is -0.308 e. The Hall–Kier alpha value is -2.40. The molecule has 2 heterocycles. The third-order valence-electron chi connectivity index (χ3n) is 2.50. The van der Waals surface area contributed by atoms with Crippen molar-refractivity contribution in [1.29, 1.82) is 0 Å². The van der Waals surface area contributed by atoms with Crippen molar-refractivity contribution in [3.05, 3.63) is 47.6 Å². The van der Waals surface area contributed by atoms with Gasteiger partial charge >= 0.3 is 0 Å². The summed E-state index contributed by atoms with van der Waals surface area (Å²) in [5.41, 5.74) is 10.2. The van der Waals surface area contributed by atoms with Crippen LogP contribution in [-0.2, 0) is 0 Å². The lowest BCUT2D eigenvalue weighted by molar-refractivity contribution is 0.0773.